The second kappa shape index (κ2) is 7.67. The number of halogens is 1. The van der Waals surface area contributed by atoms with Crippen LogP contribution in [0.2, 0.25) is 0 Å². The van der Waals surface area contributed by atoms with Crippen LogP contribution >= 0.6 is 0 Å². The van der Waals surface area contributed by atoms with Gasteiger partial charge in [0.15, 0.2) is 11.5 Å². The first kappa shape index (κ1) is 20.3. The molecule has 0 aliphatic rings. The highest BCUT2D eigenvalue weighted by atomic mass is 19.1. The van der Waals surface area contributed by atoms with Crippen molar-refractivity contribution in [1.82, 2.24) is 14.1 Å². The molecule has 0 aliphatic carbocycles. The molecule has 8 nitrogen and oxygen atoms in total. The standard InChI is InChI=1S/C22H20FN3O5/c1-25-8-6-14(15-11-26(2)21(27)18-13(15)5-7-24-18)19(22(25)28)31-20-16(29-3)9-12(23)10-17(20)30-4/h5-11,24H,1-4H3. The summed E-state index contributed by atoms with van der Waals surface area (Å²) in [5.41, 5.74) is 0.854. The second-order valence-corrected chi connectivity index (χ2v) is 6.94. The number of ether oxygens (including phenoxy) is 3. The summed E-state index contributed by atoms with van der Waals surface area (Å²) >= 11 is 0. The number of benzene rings is 1. The number of nitrogens with zero attached hydrogens (tertiary/aromatic N) is 2. The molecule has 3 heterocycles. The summed E-state index contributed by atoms with van der Waals surface area (Å²) in [6.45, 7) is 0. The molecule has 4 aromatic rings. The lowest BCUT2D eigenvalue weighted by Crippen LogP contribution is -2.20. The summed E-state index contributed by atoms with van der Waals surface area (Å²) in [7, 11) is 5.94. The van der Waals surface area contributed by atoms with Crippen molar-refractivity contribution in [3.05, 3.63) is 69.4 Å². The average Bonchev–Trinajstić information content (AvgIpc) is 3.25. The molecular weight excluding hydrogens is 405 g/mol. The van der Waals surface area contributed by atoms with Gasteiger partial charge in [-0.1, -0.05) is 0 Å². The highest BCUT2D eigenvalue weighted by Crippen LogP contribution is 2.43. The number of methoxy groups -OCH3 is 2. The molecular formula is C22H20FN3O5. The van der Waals surface area contributed by atoms with Gasteiger partial charge in [-0.15, -0.1) is 0 Å². The van der Waals surface area contributed by atoms with E-state index in [2.05, 4.69) is 4.98 Å². The zero-order chi connectivity index (χ0) is 22.3. The lowest BCUT2D eigenvalue weighted by atomic mass is 10.0. The third-order valence-electron chi connectivity index (χ3n) is 5.04. The van der Waals surface area contributed by atoms with Gasteiger partial charge >= 0.3 is 0 Å². The molecule has 4 rings (SSSR count). The largest absolute Gasteiger partial charge is 0.493 e. The van der Waals surface area contributed by atoms with Crippen molar-refractivity contribution in [3.63, 3.8) is 0 Å². The molecule has 0 fully saturated rings. The quantitative estimate of drug-likeness (QED) is 0.531. The van der Waals surface area contributed by atoms with Crippen molar-refractivity contribution in [1.29, 1.82) is 0 Å². The first-order valence-electron chi connectivity index (χ1n) is 9.31. The Morgan fingerprint density at radius 1 is 0.903 bits per heavy atom. The molecule has 9 heteroatoms. The number of aromatic amines is 1. The van der Waals surface area contributed by atoms with E-state index >= 15 is 0 Å². The van der Waals surface area contributed by atoms with Crippen LogP contribution in [0, 0.1) is 5.82 Å². The number of fused-ring (bicyclic) bond motifs is 1. The minimum Gasteiger partial charge on any atom is -0.493 e. The summed E-state index contributed by atoms with van der Waals surface area (Å²) in [6, 6.07) is 5.75. The normalized spacial score (nSPS) is 11.0. The van der Waals surface area contributed by atoms with Crippen molar-refractivity contribution in [3.8, 4) is 34.1 Å². The molecule has 160 valence electrons. The van der Waals surface area contributed by atoms with Gasteiger partial charge in [0.05, 0.1) is 14.2 Å². The van der Waals surface area contributed by atoms with E-state index in [0.717, 1.165) is 12.1 Å². The molecule has 0 amide bonds. The number of aryl methyl sites for hydroxylation is 2. The minimum atomic E-state index is -0.575. The van der Waals surface area contributed by atoms with Crippen LogP contribution in [0.15, 0.2) is 52.4 Å². The Bertz CT molecular complexity index is 1390. The predicted octanol–water partition coefficient (Wildman–Crippen LogP) is 3.18. The van der Waals surface area contributed by atoms with Crippen molar-refractivity contribution < 1.29 is 18.6 Å². The van der Waals surface area contributed by atoms with Gasteiger partial charge < -0.3 is 28.3 Å². The van der Waals surface area contributed by atoms with Crippen molar-refractivity contribution in [2.75, 3.05) is 14.2 Å². The first-order valence-corrected chi connectivity index (χ1v) is 9.31. The van der Waals surface area contributed by atoms with E-state index in [9.17, 15) is 14.0 Å². The maximum atomic E-state index is 13.9. The van der Waals surface area contributed by atoms with Crippen LogP contribution in [-0.4, -0.2) is 28.3 Å². The zero-order valence-electron chi connectivity index (χ0n) is 17.4. The monoisotopic (exact) mass is 425 g/mol. The van der Waals surface area contributed by atoms with Gasteiger partial charge in [0.25, 0.3) is 11.1 Å². The van der Waals surface area contributed by atoms with Crippen LogP contribution < -0.4 is 25.3 Å². The van der Waals surface area contributed by atoms with Crippen LogP contribution in [-0.2, 0) is 14.1 Å². The van der Waals surface area contributed by atoms with Crippen molar-refractivity contribution in [2.45, 2.75) is 0 Å². The van der Waals surface area contributed by atoms with Crippen LogP contribution in [0.4, 0.5) is 4.39 Å². The molecule has 0 bridgehead atoms. The molecule has 0 saturated carbocycles. The van der Waals surface area contributed by atoms with Crippen LogP contribution in [0.1, 0.15) is 0 Å². The Morgan fingerprint density at radius 2 is 1.58 bits per heavy atom. The lowest BCUT2D eigenvalue weighted by molar-refractivity contribution is 0.340. The molecule has 0 radical (unpaired) electrons. The summed E-state index contributed by atoms with van der Waals surface area (Å²) in [5, 5.41) is 0.638. The van der Waals surface area contributed by atoms with E-state index in [1.54, 1.807) is 44.8 Å². The van der Waals surface area contributed by atoms with Crippen molar-refractivity contribution in [2.24, 2.45) is 14.1 Å². The molecule has 1 N–H and O–H groups in total. The number of hydrogen-bond donors (Lipinski definition) is 1. The highest BCUT2D eigenvalue weighted by Gasteiger charge is 2.22. The Balaban J connectivity index is 2.01. The highest BCUT2D eigenvalue weighted by molar-refractivity contribution is 5.95. The molecule has 1 aromatic carbocycles. The van der Waals surface area contributed by atoms with Gasteiger partial charge in [0, 0.05) is 61.3 Å². The number of aromatic nitrogens is 3. The fourth-order valence-corrected chi connectivity index (χ4v) is 3.45. The van der Waals surface area contributed by atoms with Crippen LogP contribution in [0.25, 0.3) is 22.0 Å². The van der Waals surface area contributed by atoms with E-state index in [1.165, 1.54) is 23.4 Å². The average molecular weight is 425 g/mol. The predicted molar refractivity (Wildman–Crippen MR) is 114 cm³/mol. The molecule has 31 heavy (non-hydrogen) atoms. The molecule has 0 unspecified atom stereocenters. The van der Waals surface area contributed by atoms with E-state index in [1.807, 2.05) is 0 Å². The minimum absolute atomic E-state index is 0.0191. The molecule has 3 aromatic heterocycles. The smallest absolute Gasteiger partial charge is 0.293 e. The van der Waals surface area contributed by atoms with Crippen LogP contribution in [0.5, 0.6) is 23.0 Å². The molecule has 0 aliphatic heterocycles. The topological polar surface area (TPSA) is 87.5 Å². The molecule has 0 saturated heterocycles. The number of hydrogen-bond acceptors (Lipinski definition) is 5. The Morgan fingerprint density at radius 3 is 2.23 bits per heavy atom. The summed E-state index contributed by atoms with van der Waals surface area (Å²) in [5.74, 6) is -0.392. The Hall–Kier alpha value is -4.01. The van der Waals surface area contributed by atoms with Gasteiger partial charge in [0.2, 0.25) is 11.5 Å². The number of H-pyrrole nitrogens is 1. The molecule has 0 atom stereocenters. The number of pyridine rings is 2. The Labute approximate surface area is 176 Å². The van der Waals surface area contributed by atoms with E-state index < -0.39 is 11.4 Å². The third kappa shape index (κ3) is 3.33. The van der Waals surface area contributed by atoms with Gasteiger partial charge in [-0.05, 0) is 12.1 Å². The summed E-state index contributed by atoms with van der Waals surface area (Å²) in [6.07, 6.45) is 4.90. The van der Waals surface area contributed by atoms with Gasteiger partial charge in [-0.25, -0.2) is 4.39 Å². The Kier molecular flexibility index (Phi) is 5.02. The first-order chi connectivity index (χ1) is 14.8. The van der Waals surface area contributed by atoms with E-state index in [4.69, 9.17) is 14.2 Å². The van der Waals surface area contributed by atoms with Crippen molar-refractivity contribution >= 4 is 10.9 Å². The van der Waals surface area contributed by atoms with Crippen LogP contribution in [0.3, 0.4) is 0 Å². The maximum absolute atomic E-state index is 13.9. The fraction of sp³-hybridized carbons (Fsp3) is 0.182. The van der Waals surface area contributed by atoms with Gasteiger partial charge in [-0.3, -0.25) is 9.59 Å². The fourth-order valence-electron chi connectivity index (χ4n) is 3.45. The van der Waals surface area contributed by atoms with E-state index in [0.29, 0.717) is 22.0 Å². The number of nitrogens with one attached hydrogen (secondary N) is 1. The van der Waals surface area contributed by atoms with Gasteiger partial charge in [0.1, 0.15) is 11.3 Å². The SMILES string of the molecule is COc1cc(F)cc(OC)c1Oc1c(-c2cn(C)c(=O)c3[nH]ccc23)ccn(C)c1=O. The number of rotatable bonds is 5. The lowest BCUT2D eigenvalue weighted by Gasteiger charge is -2.17. The second-order valence-electron chi connectivity index (χ2n) is 6.94. The zero-order valence-corrected chi connectivity index (χ0v) is 17.4. The van der Waals surface area contributed by atoms with E-state index in [-0.39, 0.29) is 28.6 Å². The maximum Gasteiger partial charge on any atom is 0.293 e. The third-order valence-corrected chi connectivity index (χ3v) is 5.04. The summed E-state index contributed by atoms with van der Waals surface area (Å²) in [4.78, 5) is 28.4. The van der Waals surface area contributed by atoms with Gasteiger partial charge in [-0.2, -0.15) is 0 Å². The molecule has 0 spiro atoms. The summed E-state index contributed by atoms with van der Waals surface area (Å²) < 4.78 is 33.2.